The lowest BCUT2D eigenvalue weighted by atomic mass is 10.1. The maximum atomic E-state index is 13.0. The van der Waals surface area contributed by atoms with Gasteiger partial charge in [-0.1, -0.05) is 18.2 Å². The van der Waals surface area contributed by atoms with Crippen LogP contribution in [-0.4, -0.2) is 32.6 Å². The fraction of sp³-hybridized carbons (Fsp3) is 0.0870. The van der Waals surface area contributed by atoms with Crippen LogP contribution in [-0.2, 0) is 11.3 Å². The summed E-state index contributed by atoms with van der Waals surface area (Å²) in [7, 11) is 1.25. The standard InChI is InChI=1S/C23H18N4O3/c1-30-23(29)21-20(28)14-19(17-9-3-6-12-25-17)27(15-16-8-2-5-11-24-16)22(21)18-10-4-7-13-26-18/h2-14H,15H2,1H3. The molecule has 0 saturated carbocycles. The molecule has 4 rings (SSSR count). The molecule has 4 aromatic heterocycles. The van der Waals surface area contributed by atoms with Crippen molar-refractivity contribution in [2.75, 3.05) is 7.11 Å². The molecule has 7 heteroatoms. The lowest BCUT2D eigenvalue weighted by Gasteiger charge is -2.20. The summed E-state index contributed by atoms with van der Waals surface area (Å²) in [4.78, 5) is 38.8. The number of rotatable bonds is 5. The number of carbonyl (C=O) groups excluding carboxylic acids is 1. The van der Waals surface area contributed by atoms with Gasteiger partial charge in [0.05, 0.1) is 42.1 Å². The normalized spacial score (nSPS) is 10.6. The van der Waals surface area contributed by atoms with Crippen molar-refractivity contribution >= 4 is 5.97 Å². The van der Waals surface area contributed by atoms with Crippen molar-refractivity contribution in [3.8, 4) is 22.8 Å². The third kappa shape index (κ3) is 3.73. The summed E-state index contributed by atoms with van der Waals surface area (Å²) in [6.45, 7) is 0.308. The number of hydrogen-bond donors (Lipinski definition) is 0. The highest BCUT2D eigenvalue weighted by Crippen LogP contribution is 2.27. The van der Waals surface area contributed by atoms with Gasteiger partial charge in [-0.3, -0.25) is 19.7 Å². The second kappa shape index (κ2) is 8.48. The number of ether oxygens (including phenoxy) is 1. The number of carbonyl (C=O) groups is 1. The maximum Gasteiger partial charge on any atom is 0.344 e. The zero-order valence-corrected chi connectivity index (χ0v) is 16.2. The van der Waals surface area contributed by atoms with Crippen LogP contribution in [0.25, 0.3) is 22.8 Å². The molecule has 0 amide bonds. The van der Waals surface area contributed by atoms with E-state index in [0.717, 1.165) is 5.69 Å². The number of nitrogens with zero attached hydrogens (tertiary/aromatic N) is 4. The predicted octanol–water partition coefficient (Wildman–Crippen LogP) is 3.20. The molecular weight excluding hydrogens is 380 g/mol. The Morgan fingerprint density at radius 3 is 2.10 bits per heavy atom. The summed E-state index contributed by atoms with van der Waals surface area (Å²) in [6.07, 6.45) is 4.96. The second-order valence-electron chi connectivity index (χ2n) is 6.45. The zero-order valence-electron chi connectivity index (χ0n) is 16.2. The third-order valence-corrected chi connectivity index (χ3v) is 4.58. The van der Waals surface area contributed by atoms with Gasteiger partial charge < -0.3 is 9.30 Å². The molecule has 0 fully saturated rings. The molecule has 0 aliphatic carbocycles. The number of esters is 1. The van der Waals surface area contributed by atoms with Crippen LogP contribution >= 0.6 is 0 Å². The van der Waals surface area contributed by atoms with Gasteiger partial charge in [0.2, 0.25) is 0 Å². The van der Waals surface area contributed by atoms with Crippen LogP contribution in [0, 0.1) is 0 Å². The largest absolute Gasteiger partial charge is 0.465 e. The van der Waals surface area contributed by atoms with Crippen molar-refractivity contribution in [2.45, 2.75) is 6.54 Å². The van der Waals surface area contributed by atoms with Crippen LogP contribution in [0.15, 0.2) is 84.0 Å². The maximum absolute atomic E-state index is 13.0. The van der Waals surface area contributed by atoms with Gasteiger partial charge in [0.25, 0.3) is 0 Å². The molecule has 0 aliphatic rings. The van der Waals surface area contributed by atoms with E-state index in [1.165, 1.54) is 13.2 Å². The van der Waals surface area contributed by atoms with E-state index in [2.05, 4.69) is 15.0 Å². The molecule has 30 heavy (non-hydrogen) atoms. The summed E-state index contributed by atoms with van der Waals surface area (Å²) in [6, 6.07) is 17.8. The summed E-state index contributed by atoms with van der Waals surface area (Å²) in [5.41, 5.74) is 2.21. The quantitative estimate of drug-likeness (QED) is 0.480. The van der Waals surface area contributed by atoms with Gasteiger partial charge in [0.15, 0.2) is 5.43 Å². The molecule has 0 radical (unpaired) electrons. The first kappa shape index (κ1) is 19.2. The Hall–Kier alpha value is -4.13. The van der Waals surface area contributed by atoms with Crippen molar-refractivity contribution in [1.29, 1.82) is 0 Å². The van der Waals surface area contributed by atoms with Gasteiger partial charge in [-0.05, 0) is 36.4 Å². The Morgan fingerprint density at radius 2 is 1.53 bits per heavy atom. The van der Waals surface area contributed by atoms with Crippen LogP contribution in [0.3, 0.4) is 0 Å². The molecule has 0 bridgehead atoms. The Kier molecular flexibility index (Phi) is 5.43. The fourth-order valence-electron chi connectivity index (χ4n) is 3.26. The molecule has 0 unspecified atom stereocenters. The Bertz CT molecular complexity index is 1220. The van der Waals surface area contributed by atoms with Crippen LogP contribution in [0.1, 0.15) is 16.1 Å². The van der Waals surface area contributed by atoms with Crippen molar-refractivity contribution in [1.82, 2.24) is 19.5 Å². The van der Waals surface area contributed by atoms with Crippen molar-refractivity contribution < 1.29 is 9.53 Å². The minimum absolute atomic E-state index is 0.0770. The molecule has 7 nitrogen and oxygen atoms in total. The van der Waals surface area contributed by atoms with E-state index in [-0.39, 0.29) is 5.56 Å². The van der Waals surface area contributed by atoms with Crippen LogP contribution in [0.5, 0.6) is 0 Å². The third-order valence-electron chi connectivity index (χ3n) is 4.58. The lowest BCUT2D eigenvalue weighted by molar-refractivity contribution is 0.0599. The number of methoxy groups -OCH3 is 1. The minimum atomic E-state index is -0.719. The molecule has 0 aliphatic heterocycles. The van der Waals surface area contributed by atoms with Gasteiger partial charge in [-0.2, -0.15) is 0 Å². The van der Waals surface area contributed by atoms with E-state index in [9.17, 15) is 9.59 Å². The summed E-state index contributed by atoms with van der Waals surface area (Å²) in [5.74, 6) is -0.719. The number of hydrogen-bond acceptors (Lipinski definition) is 6. The van der Waals surface area contributed by atoms with Crippen molar-refractivity contribution in [2.24, 2.45) is 0 Å². The SMILES string of the molecule is COC(=O)c1c(-c2ccccn2)n(Cc2ccccn2)c(-c2ccccn2)cc1=O. The average Bonchev–Trinajstić information content (AvgIpc) is 2.81. The molecule has 4 aromatic rings. The Labute approximate surface area is 172 Å². The van der Waals surface area contributed by atoms with Gasteiger partial charge in [0.1, 0.15) is 5.56 Å². The zero-order chi connectivity index (χ0) is 20.9. The van der Waals surface area contributed by atoms with E-state index in [4.69, 9.17) is 4.74 Å². The first-order chi connectivity index (χ1) is 14.7. The second-order valence-corrected chi connectivity index (χ2v) is 6.45. The molecule has 0 spiro atoms. The van der Waals surface area contributed by atoms with Crippen molar-refractivity contribution in [3.63, 3.8) is 0 Å². The molecule has 0 atom stereocenters. The van der Waals surface area contributed by atoms with Crippen LogP contribution < -0.4 is 5.43 Å². The van der Waals surface area contributed by atoms with Gasteiger partial charge in [-0.25, -0.2) is 4.79 Å². The number of pyridine rings is 4. The Morgan fingerprint density at radius 1 is 0.900 bits per heavy atom. The summed E-state index contributed by atoms with van der Waals surface area (Å²) >= 11 is 0. The molecular formula is C23H18N4O3. The van der Waals surface area contributed by atoms with Crippen molar-refractivity contribution in [3.05, 3.63) is 101 Å². The molecule has 148 valence electrons. The first-order valence-electron chi connectivity index (χ1n) is 9.28. The van der Waals surface area contributed by atoms with E-state index in [1.807, 2.05) is 34.9 Å². The van der Waals surface area contributed by atoms with E-state index in [0.29, 0.717) is 29.3 Å². The Balaban J connectivity index is 2.09. The van der Waals surface area contributed by atoms with Crippen LogP contribution in [0.2, 0.25) is 0 Å². The first-order valence-corrected chi connectivity index (χ1v) is 9.28. The topological polar surface area (TPSA) is 87.0 Å². The van der Waals surface area contributed by atoms with E-state index >= 15 is 0 Å². The minimum Gasteiger partial charge on any atom is -0.465 e. The summed E-state index contributed by atoms with van der Waals surface area (Å²) in [5, 5.41) is 0. The number of aromatic nitrogens is 4. The van der Waals surface area contributed by atoms with Gasteiger partial charge in [-0.15, -0.1) is 0 Å². The lowest BCUT2D eigenvalue weighted by Crippen LogP contribution is -2.24. The van der Waals surface area contributed by atoms with E-state index < -0.39 is 11.4 Å². The molecule has 0 N–H and O–H groups in total. The van der Waals surface area contributed by atoms with Crippen LogP contribution in [0.4, 0.5) is 0 Å². The highest BCUT2D eigenvalue weighted by molar-refractivity contribution is 5.96. The molecule has 0 aromatic carbocycles. The van der Waals surface area contributed by atoms with E-state index in [1.54, 1.807) is 42.9 Å². The predicted molar refractivity (Wildman–Crippen MR) is 112 cm³/mol. The molecule has 0 saturated heterocycles. The fourth-order valence-corrected chi connectivity index (χ4v) is 3.26. The van der Waals surface area contributed by atoms with Gasteiger partial charge in [0, 0.05) is 24.7 Å². The monoisotopic (exact) mass is 398 g/mol. The highest BCUT2D eigenvalue weighted by Gasteiger charge is 2.25. The highest BCUT2D eigenvalue weighted by atomic mass is 16.5. The average molecular weight is 398 g/mol. The molecule has 4 heterocycles. The summed E-state index contributed by atoms with van der Waals surface area (Å²) < 4.78 is 6.75. The smallest absolute Gasteiger partial charge is 0.344 e. The van der Waals surface area contributed by atoms with Gasteiger partial charge >= 0.3 is 5.97 Å².